The summed E-state index contributed by atoms with van der Waals surface area (Å²) < 4.78 is 22.6. The molecule has 0 aliphatic heterocycles. The van der Waals surface area contributed by atoms with Crippen molar-refractivity contribution in [2.75, 3.05) is 6.26 Å². The van der Waals surface area contributed by atoms with Gasteiger partial charge in [-0.3, -0.25) is 4.79 Å². The third kappa shape index (κ3) is 2.54. The fraction of sp³-hybridized carbons (Fsp3) is 0.222. The molecule has 0 saturated carbocycles. The number of primary amides is 1. The number of hydrogen-bond donors (Lipinski definition) is 2. The molecular formula is C9H12N2O3S. The van der Waals surface area contributed by atoms with Crippen molar-refractivity contribution in [2.24, 2.45) is 11.5 Å². The highest BCUT2D eigenvalue weighted by Gasteiger charge is 2.13. The maximum absolute atomic E-state index is 11.3. The first kappa shape index (κ1) is 11.7. The second-order valence-electron chi connectivity index (χ2n) is 3.16. The molecule has 4 N–H and O–H groups in total. The normalized spacial score (nSPS) is 11.3. The number of hydrogen-bond acceptors (Lipinski definition) is 4. The van der Waals surface area contributed by atoms with Gasteiger partial charge in [0.2, 0.25) is 5.91 Å². The van der Waals surface area contributed by atoms with Crippen molar-refractivity contribution < 1.29 is 13.2 Å². The maximum Gasteiger partial charge on any atom is 0.248 e. The minimum absolute atomic E-state index is 0.0452. The van der Waals surface area contributed by atoms with E-state index in [-0.39, 0.29) is 17.0 Å². The molecule has 0 aliphatic carbocycles. The second-order valence-corrected chi connectivity index (χ2v) is 5.15. The molecular weight excluding hydrogens is 216 g/mol. The molecule has 1 amide bonds. The summed E-state index contributed by atoms with van der Waals surface area (Å²) >= 11 is 0. The third-order valence-corrected chi connectivity index (χ3v) is 3.16. The molecule has 0 heterocycles. The minimum atomic E-state index is -3.32. The van der Waals surface area contributed by atoms with Gasteiger partial charge in [-0.25, -0.2) is 8.42 Å². The lowest BCUT2D eigenvalue weighted by Gasteiger charge is -2.06. The van der Waals surface area contributed by atoms with E-state index in [2.05, 4.69) is 0 Å². The van der Waals surface area contributed by atoms with Crippen molar-refractivity contribution >= 4 is 15.7 Å². The Kier molecular flexibility index (Phi) is 3.11. The lowest BCUT2D eigenvalue weighted by atomic mass is 10.1. The van der Waals surface area contributed by atoms with Gasteiger partial charge in [0, 0.05) is 18.4 Å². The minimum Gasteiger partial charge on any atom is -0.366 e. The predicted octanol–water partition coefficient (Wildman–Crippen LogP) is -0.352. The van der Waals surface area contributed by atoms with Crippen LogP contribution in [0.25, 0.3) is 0 Å². The molecule has 1 rings (SSSR count). The second kappa shape index (κ2) is 4.00. The highest BCUT2D eigenvalue weighted by Crippen LogP contribution is 2.16. The lowest BCUT2D eigenvalue weighted by Crippen LogP contribution is -2.14. The smallest absolute Gasteiger partial charge is 0.248 e. The fourth-order valence-corrected chi connectivity index (χ4v) is 2.19. The van der Waals surface area contributed by atoms with Crippen LogP contribution in [0.1, 0.15) is 15.9 Å². The Morgan fingerprint density at radius 1 is 1.40 bits per heavy atom. The fourth-order valence-electron chi connectivity index (χ4n) is 1.25. The molecule has 82 valence electrons. The molecule has 0 spiro atoms. The molecule has 0 radical (unpaired) electrons. The van der Waals surface area contributed by atoms with Crippen molar-refractivity contribution in [1.29, 1.82) is 0 Å². The van der Waals surface area contributed by atoms with Crippen molar-refractivity contribution in [2.45, 2.75) is 11.4 Å². The van der Waals surface area contributed by atoms with Crippen molar-refractivity contribution in [3.63, 3.8) is 0 Å². The van der Waals surface area contributed by atoms with Gasteiger partial charge < -0.3 is 11.5 Å². The van der Waals surface area contributed by atoms with E-state index >= 15 is 0 Å². The highest BCUT2D eigenvalue weighted by atomic mass is 32.2. The number of rotatable bonds is 3. The summed E-state index contributed by atoms with van der Waals surface area (Å²) in [6.45, 7) is 0.0452. The van der Waals surface area contributed by atoms with E-state index in [1.165, 1.54) is 18.2 Å². The van der Waals surface area contributed by atoms with E-state index in [0.29, 0.717) is 5.56 Å². The quantitative estimate of drug-likeness (QED) is 0.737. The van der Waals surface area contributed by atoms with Crippen LogP contribution in [-0.2, 0) is 16.4 Å². The number of carbonyl (C=O) groups excluding carboxylic acids is 1. The number of sulfone groups is 1. The van der Waals surface area contributed by atoms with Crippen molar-refractivity contribution in [3.05, 3.63) is 29.3 Å². The zero-order valence-corrected chi connectivity index (χ0v) is 9.04. The average Bonchev–Trinajstić information content (AvgIpc) is 2.15. The van der Waals surface area contributed by atoms with E-state index in [9.17, 15) is 13.2 Å². The van der Waals surface area contributed by atoms with Gasteiger partial charge in [-0.1, -0.05) is 0 Å². The lowest BCUT2D eigenvalue weighted by molar-refractivity contribution is 0.1000. The van der Waals surface area contributed by atoms with Crippen LogP contribution < -0.4 is 11.5 Å². The SMILES string of the molecule is CS(=O)(=O)c1ccc(C(N)=O)cc1CN. The van der Waals surface area contributed by atoms with Crippen molar-refractivity contribution in [3.8, 4) is 0 Å². The third-order valence-electron chi connectivity index (χ3n) is 1.96. The highest BCUT2D eigenvalue weighted by molar-refractivity contribution is 7.90. The predicted molar refractivity (Wildman–Crippen MR) is 56.0 cm³/mol. The molecule has 1 aromatic rings. The molecule has 0 aliphatic rings. The number of benzene rings is 1. The van der Waals surface area contributed by atoms with Crippen LogP contribution in [0.4, 0.5) is 0 Å². The van der Waals surface area contributed by atoms with Gasteiger partial charge in [-0.05, 0) is 23.8 Å². The Morgan fingerprint density at radius 3 is 2.40 bits per heavy atom. The van der Waals surface area contributed by atoms with Crippen LogP contribution in [0.5, 0.6) is 0 Å². The van der Waals surface area contributed by atoms with Gasteiger partial charge >= 0.3 is 0 Å². The molecule has 0 bridgehead atoms. The van der Waals surface area contributed by atoms with Gasteiger partial charge in [-0.15, -0.1) is 0 Å². The van der Waals surface area contributed by atoms with Gasteiger partial charge in [0.15, 0.2) is 9.84 Å². The van der Waals surface area contributed by atoms with Crippen LogP contribution in [0.2, 0.25) is 0 Å². The zero-order chi connectivity index (χ0) is 11.6. The number of carbonyl (C=O) groups is 1. The Hall–Kier alpha value is -1.40. The molecule has 5 nitrogen and oxygen atoms in total. The van der Waals surface area contributed by atoms with E-state index in [4.69, 9.17) is 11.5 Å². The summed E-state index contributed by atoms with van der Waals surface area (Å²) in [7, 11) is -3.32. The van der Waals surface area contributed by atoms with E-state index in [1.807, 2.05) is 0 Å². The Balaban J connectivity index is 3.40. The van der Waals surface area contributed by atoms with Crippen LogP contribution in [0.15, 0.2) is 23.1 Å². The summed E-state index contributed by atoms with van der Waals surface area (Å²) in [5.74, 6) is -0.607. The molecule has 0 atom stereocenters. The maximum atomic E-state index is 11.3. The van der Waals surface area contributed by atoms with Crippen LogP contribution >= 0.6 is 0 Å². The number of nitrogens with two attached hydrogens (primary N) is 2. The molecule has 6 heteroatoms. The first-order valence-electron chi connectivity index (χ1n) is 4.19. The number of amides is 1. The molecule has 0 saturated heterocycles. The molecule has 0 unspecified atom stereocenters. The summed E-state index contributed by atoms with van der Waals surface area (Å²) in [6, 6.07) is 4.12. The molecule has 1 aromatic carbocycles. The Labute approximate surface area is 88.0 Å². The van der Waals surface area contributed by atoms with Gasteiger partial charge in [-0.2, -0.15) is 0 Å². The van der Waals surface area contributed by atoms with Gasteiger partial charge in [0.1, 0.15) is 0 Å². The van der Waals surface area contributed by atoms with Crippen molar-refractivity contribution in [1.82, 2.24) is 0 Å². The summed E-state index contributed by atoms with van der Waals surface area (Å²) in [4.78, 5) is 11.0. The monoisotopic (exact) mass is 228 g/mol. The van der Waals surface area contributed by atoms with Gasteiger partial charge in [0.25, 0.3) is 0 Å². The summed E-state index contributed by atoms with van der Waals surface area (Å²) in [5, 5.41) is 0. The first-order chi connectivity index (χ1) is 6.86. The van der Waals surface area contributed by atoms with E-state index in [1.54, 1.807) is 0 Å². The summed E-state index contributed by atoms with van der Waals surface area (Å²) in [6.07, 6.45) is 1.09. The van der Waals surface area contributed by atoms with Crippen LogP contribution in [0.3, 0.4) is 0 Å². The molecule has 0 aromatic heterocycles. The van der Waals surface area contributed by atoms with E-state index < -0.39 is 15.7 Å². The molecule has 15 heavy (non-hydrogen) atoms. The molecule has 0 fully saturated rings. The topological polar surface area (TPSA) is 103 Å². The van der Waals surface area contributed by atoms with Crippen LogP contribution in [0, 0.1) is 0 Å². The first-order valence-corrected chi connectivity index (χ1v) is 6.08. The average molecular weight is 228 g/mol. The van der Waals surface area contributed by atoms with E-state index in [0.717, 1.165) is 6.26 Å². The largest absolute Gasteiger partial charge is 0.366 e. The zero-order valence-electron chi connectivity index (χ0n) is 8.23. The Bertz CT molecular complexity index is 494. The standard InChI is InChI=1S/C9H12N2O3S/c1-15(13,14)8-3-2-6(9(11)12)4-7(8)5-10/h2-4H,5,10H2,1H3,(H2,11,12). The van der Waals surface area contributed by atoms with Gasteiger partial charge in [0.05, 0.1) is 4.90 Å². The van der Waals surface area contributed by atoms with Crippen LogP contribution in [-0.4, -0.2) is 20.6 Å². The summed E-state index contributed by atoms with van der Waals surface area (Å²) in [5.41, 5.74) is 11.1. The Morgan fingerprint density at radius 2 is 2.00 bits per heavy atom.